The molecule has 9 heteroatoms. The lowest BCUT2D eigenvalue weighted by molar-refractivity contribution is 0.0955. The number of anilines is 2. The number of halogens is 1. The summed E-state index contributed by atoms with van der Waals surface area (Å²) in [6.45, 7) is 0. The monoisotopic (exact) mass is 436 g/mol. The fourth-order valence-corrected chi connectivity index (χ4v) is 2.72. The lowest BCUT2D eigenvalue weighted by Crippen LogP contribution is -2.20. The highest BCUT2D eigenvalue weighted by molar-refractivity contribution is 6.00. The lowest BCUT2D eigenvalue weighted by Gasteiger charge is -2.09. The van der Waals surface area contributed by atoms with Gasteiger partial charge in [-0.05, 0) is 60.2 Å². The maximum absolute atomic E-state index is 13.6. The van der Waals surface area contributed by atoms with Crippen LogP contribution in [0.15, 0.2) is 71.8 Å². The van der Waals surface area contributed by atoms with E-state index in [-0.39, 0.29) is 5.69 Å². The third kappa shape index (κ3) is 5.82. The van der Waals surface area contributed by atoms with Gasteiger partial charge in [-0.3, -0.25) is 4.79 Å². The van der Waals surface area contributed by atoms with Crippen molar-refractivity contribution >= 4 is 29.5 Å². The second kappa shape index (κ2) is 10.6. The zero-order valence-electron chi connectivity index (χ0n) is 17.4. The van der Waals surface area contributed by atoms with E-state index in [4.69, 9.17) is 9.47 Å². The molecular formula is C23H21FN4O4. The van der Waals surface area contributed by atoms with E-state index < -0.39 is 17.8 Å². The Labute approximate surface area is 184 Å². The van der Waals surface area contributed by atoms with Crippen LogP contribution in [0.3, 0.4) is 0 Å². The molecule has 3 N–H and O–H groups in total. The molecule has 0 saturated carbocycles. The average Bonchev–Trinajstić information content (AvgIpc) is 2.80. The van der Waals surface area contributed by atoms with Gasteiger partial charge in [-0.25, -0.2) is 14.6 Å². The van der Waals surface area contributed by atoms with Gasteiger partial charge in [0.2, 0.25) is 0 Å². The fourth-order valence-electron chi connectivity index (χ4n) is 2.72. The Bertz CT molecular complexity index is 1130. The van der Waals surface area contributed by atoms with Crippen LogP contribution in [0.1, 0.15) is 15.9 Å². The van der Waals surface area contributed by atoms with Crippen LogP contribution < -0.4 is 25.5 Å². The number of hydrogen-bond donors (Lipinski definition) is 3. The normalized spacial score (nSPS) is 10.5. The van der Waals surface area contributed by atoms with E-state index in [2.05, 4.69) is 21.2 Å². The summed E-state index contributed by atoms with van der Waals surface area (Å²) >= 11 is 0. The number of carbonyl (C=O) groups excluding carboxylic acids is 2. The first-order valence-electron chi connectivity index (χ1n) is 9.48. The highest BCUT2D eigenvalue weighted by atomic mass is 19.1. The fraction of sp³-hybridized carbons (Fsp3) is 0.0870. The highest BCUT2D eigenvalue weighted by Crippen LogP contribution is 2.26. The van der Waals surface area contributed by atoms with Crippen LogP contribution >= 0.6 is 0 Å². The molecule has 8 nitrogen and oxygen atoms in total. The first kappa shape index (κ1) is 22.3. The number of amides is 3. The Hall–Kier alpha value is -4.40. The Kier molecular flexibility index (Phi) is 7.37. The van der Waals surface area contributed by atoms with Gasteiger partial charge < -0.3 is 20.1 Å². The van der Waals surface area contributed by atoms with Crippen molar-refractivity contribution in [1.82, 2.24) is 5.43 Å². The molecule has 0 aliphatic rings. The topological polar surface area (TPSA) is 101 Å². The summed E-state index contributed by atoms with van der Waals surface area (Å²) < 4.78 is 24.0. The van der Waals surface area contributed by atoms with Crippen LogP contribution in [0.4, 0.5) is 20.6 Å². The molecule has 3 rings (SSSR count). The van der Waals surface area contributed by atoms with Crippen LogP contribution in [0.5, 0.6) is 11.5 Å². The maximum atomic E-state index is 13.6. The first-order chi connectivity index (χ1) is 15.5. The highest BCUT2D eigenvalue weighted by Gasteiger charge is 2.08. The summed E-state index contributed by atoms with van der Waals surface area (Å²) in [5.74, 6) is 0.169. The molecule has 3 aromatic carbocycles. The van der Waals surface area contributed by atoms with Gasteiger partial charge in [0, 0.05) is 11.3 Å². The van der Waals surface area contributed by atoms with Gasteiger partial charge in [-0.1, -0.05) is 12.1 Å². The summed E-state index contributed by atoms with van der Waals surface area (Å²) in [6, 6.07) is 16.6. The molecule has 164 valence electrons. The Morgan fingerprint density at radius 1 is 0.906 bits per heavy atom. The van der Waals surface area contributed by atoms with Crippen LogP contribution in [0.2, 0.25) is 0 Å². The van der Waals surface area contributed by atoms with Crippen molar-refractivity contribution in [3.8, 4) is 11.5 Å². The van der Waals surface area contributed by atoms with E-state index in [1.165, 1.54) is 43.7 Å². The van der Waals surface area contributed by atoms with Crippen LogP contribution in [-0.2, 0) is 0 Å². The summed E-state index contributed by atoms with van der Waals surface area (Å²) in [5, 5.41) is 8.92. The molecule has 3 aromatic rings. The Morgan fingerprint density at radius 2 is 1.62 bits per heavy atom. The van der Waals surface area contributed by atoms with E-state index in [1.807, 2.05) is 0 Å². The van der Waals surface area contributed by atoms with Gasteiger partial charge in [0.05, 0.1) is 26.1 Å². The van der Waals surface area contributed by atoms with Crippen molar-refractivity contribution in [2.24, 2.45) is 5.10 Å². The first-order valence-corrected chi connectivity index (χ1v) is 9.48. The maximum Gasteiger partial charge on any atom is 0.323 e. The molecule has 0 unspecified atom stereocenters. The number of urea groups is 1. The van der Waals surface area contributed by atoms with Gasteiger partial charge in [0.1, 0.15) is 5.82 Å². The third-order valence-electron chi connectivity index (χ3n) is 4.31. The lowest BCUT2D eigenvalue weighted by atomic mass is 10.2. The number of hydrazone groups is 1. The molecule has 0 heterocycles. The van der Waals surface area contributed by atoms with Crippen molar-refractivity contribution in [3.63, 3.8) is 0 Å². The minimum atomic E-state index is -0.605. The van der Waals surface area contributed by atoms with E-state index in [0.717, 1.165) is 0 Å². The van der Waals surface area contributed by atoms with Gasteiger partial charge in [-0.15, -0.1) is 0 Å². The molecule has 0 spiro atoms. The van der Waals surface area contributed by atoms with Crippen molar-refractivity contribution in [2.45, 2.75) is 0 Å². The molecule has 32 heavy (non-hydrogen) atoms. The molecule has 0 aliphatic heterocycles. The number of hydrogen-bond acceptors (Lipinski definition) is 5. The smallest absolute Gasteiger partial charge is 0.323 e. The van der Waals surface area contributed by atoms with Gasteiger partial charge in [0.25, 0.3) is 5.91 Å². The minimum Gasteiger partial charge on any atom is -0.493 e. The second-order valence-electron chi connectivity index (χ2n) is 6.45. The number of rotatable bonds is 7. The Morgan fingerprint density at radius 3 is 2.31 bits per heavy atom. The minimum absolute atomic E-state index is 0.0633. The predicted molar refractivity (Wildman–Crippen MR) is 120 cm³/mol. The molecule has 0 saturated heterocycles. The predicted octanol–water partition coefficient (Wildman–Crippen LogP) is 4.25. The Balaban J connectivity index is 1.55. The van der Waals surface area contributed by atoms with Crippen LogP contribution in [-0.4, -0.2) is 32.4 Å². The molecule has 0 fully saturated rings. The number of nitrogens with zero attached hydrogens (tertiary/aromatic N) is 1. The number of methoxy groups -OCH3 is 2. The number of para-hydroxylation sites is 1. The van der Waals surface area contributed by atoms with E-state index in [0.29, 0.717) is 28.3 Å². The molecule has 0 aliphatic carbocycles. The third-order valence-corrected chi connectivity index (χ3v) is 4.31. The molecule has 0 aromatic heterocycles. The average molecular weight is 436 g/mol. The molecule has 3 amide bonds. The largest absolute Gasteiger partial charge is 0.493 e. The second-order valence-corrected chi connectivity index (χ2v) is 6.45. The van der Waals surface area contributed by atoms with Gasteiger partial charge in [0.15, 0.2) is 11.5 Å². The summed E-state index contributed by atoms with van der Waals surface area (Å²) in [5.41, 5.74) is 3.98. The van der Waals surface area contributed by atoms with Crippen molar-refractivity contribution in [2.75, 3.05) is 24.9 Å². The van der Waals surface area contributed by atoms with E-state index in [1.54, 1.807) is 43.5 Å². The van der Waals surface area contributed by atoms with E-state index >= 15 is 0 Å². The zero-order valence-corrected chi connectivity index (χ0v) is 17.4. The standard InChI is InChI=1S/C23H21FN4O4/c1-31-20-12-7-15(13-21(20)32-2)14-25-28-22(29)16-8-10-17(11-9-16)26-23(30)27-19-6-4-3-5-18(19)24/h3-14H,1-2H3,(H,28,29)(H2,26,27,30). The van der Waals surface area contributed by atoms with Crippen molar-refractivity contribution < 1.29 is 23.5 Å². The SMILES string of the molecule is COc1ccc(C=NNC(=O)c2ccc(NC(=O)Nc3ccccc3F)cc2)cc1OC. The summed E-state index contributed by atoms with van der Waals surface area (Å²) in [6.07, 6.45) is 1.48. The van der Waals surface area contributed by atoms with Crippen LogP contribution in [0, 0.1) is 5.82 Å². The number of ether oxygens (including phenoxy) is 2. The van der Waals surface area contributed by atoms with Crippen LogP contribution in [0.25, 0.3) is 0 Å². The number of carbonyl (C=O) groups is 2. The van der Waals surface area contributed by atoms with Gasteiger partial charge in [-0.2, -0.15) is 5.10 Å². The van der Waals surface area contributed by atoms with Gasteiger partial charge >= 0.3 is 6.03 Å². The summed E-state index contributed by atoms with van der Waals surface area (Å²) in [4.78, 5) is 24.3. The quantitative estimate of drug-likeness (QED) is 0.381. The number of benzene rings is 3. The van der Waals surface area contributed by atoms with Crippen molar-refractivity contribution in [1.29, 1.82) is 0 Å². The summed E-state index contributed by atoms with van der Waals surface area (Å²) in [7, 11) is 3.07. The van der Waals surface area contributed by atoms with Crippen molar-refractivity contribution in [3.05, 3.63) is 83.7 Å². The number of nitrogens with one attached hydrogen (secondary N) is 3. The zero-order chi connectivity index (χ0) is 22.9. The molecule has 0 atom stereocenters. The molecule has 0 radical (unpaired) electrons. The van der Waals surface area contributed by atoms with E-state index in [9.17, 15) is 14.0 Å². The molecular weight excluding hydrogens is 415 g/mol. The molecule has 0 bridgehead atoms.